The van der Waals surface area contributed by atoms with Crippen LogP contribution in [0.15, 0.2) is 0 Å². The third kappa shape index (κ3) is 7.29. The van der Waals surface area contributed by atoms with Gasteiger partial charge in [0.15, 0.2) is 0 Å². The van der Waals surface area contributed by atoms with Crippen LogP contribution >= 0.6 is 0 Å². The largest absolute Gasteiger partial charge is 0.395 e. The topological polar surface area (TPSA) is 73.3 Å². The predicted octanol–water partition coefficient (Wildman–Crippen LogP) is -0.373. The summed E-state index contributed by atoms with van der Waals surface area (Å²) in [4.78, 5) is 2.02. The molecule has 0 aliphatic carbocycles. The lowest BCUT2D eigenvalue weighted by molar-refractivity contribution is 0.221. The zero-order valence-electron chi connectivity index (χ0n) is 7.01. The van der Waals surface area contributed by atoms with Crippen LogP contribution in [-0.4, -0.2) is 42.6 Å². The zero-order valence-corrected chi connectivity index (χ0v) is 7.01. The molecular formula is C7H17N3O. The van der Waals surface area contributed by atoms with Gasteiger partial charge in [-0.2, -0.15) is 0 Å². The Bertz CT molecular complexity index is 116. The molecule has 0 aromatic carbocycles. The summed E-state index contributed by atoms with van der Waals surface area (Å²) in [7, 11) is 1.94. The molecule has 0 spiro atoms. The summed E-state index contributed by atoms with van der Waals surface area (Å²) >= 11 is 0. The monoisotopic (exact) mass is 159 g/mol. The molecule has 4 heteroatoms. The Morgan fingerprint density at radius 3 is 2.64 bits per heavy atom. The first-order chi connectivity index (χ1) is 5.16. The molecule has 0 radical (unpaired) electrons. The van der Waals surface area contributed by atoms with E-state index < -0.39 is 0 Å². The second kappa shape index (κ2) is 6.12. The molecule has 0 rings (SSSR count). The summed E-state index contributed by atoms with van der Waals surface area (Å²) in [6, 6.07) is 0. The molecule has 0 heterocycles. The van der Waals surface area contributed by atoms with Gasteiger partial charge in [-0.1, -0.05) is 0 Å². The zero-order chi connectivity index (χ0) is 8.69. The standard InChI is InChI=1S/C7H17N3O/c1-10(5-6-11)4-2-3-7(8)9/h11H,2-6H2,1H3,(H3,8,9). The molecular weight excluding hydrogens is 142 g/mol. The number of nitrogens with one attached hydrogen (secondary N) is 1. The van der Waals surface area contributed by atoms with Gasteiger partial charge in [-0.3, -0.25) is 5.41 Å². The smallest absolute Gasteiger partial charge is 0.0905 e. The first kappa shape index (κ1) is 10.4. The van der Waals surface area contributed by atoms with Gasteiger partial charge in [-0.25, -0.2) is 0 Å². The number of nitrogens with zero attached hydrogens (tertiary/aromatic N) is 1. The van der Waals surface area contributed by atoms with E-state index in [4.69, 9.17) is 16.2 Å². The van der Waals surface area contributed by atoms with Crippen LogP contribution in [0, 0.1) is 5.41 Å². The molecule has 0 saturated carbocycles. The van der Waals surface area contributed by atoms with Gasteiger partial charge in [0.1, 0.15) is 0 Å². The van der Waals surface area contributed by atoms with E-state index in [2.05, 4.69) is 0 Å². The van der Waals surface area contributed by atoms with E-state index in [1.807, 2.05) is 11.9 Å². The van der Waals surface area contributed by atoms with Gasteiger partial charge in [0, 0.05) is 13.0 Å². The fourth-order valence-corrected chi connectivity index (χ4v) is 0.822. The summed E-state index contributed by atoms with van der Waals surface area (Å²) in [5.74, 6) is 0.238. The van der Waals surface area contributed by atoms with Crippen LogP contribution in [0.4, 0.5) is 0 Å². The first-order valence-corrected chi connectivity index (χ1v) is 3.79. The molecule has 0 atom stereocenters. The fraction of sp³-hybridized carbons (Fsp3) is 0.857. The van der Waals surface area contributed by atoms with Crippen molar-refractivity contribution in [3.05, 3.63) is 0 Å². The first-order valence-electron chi connectivity index (χ1n) is 3.79. The third-order valence-corrected chi connectivity index (χ3v) is 1.47. The maximum absolute atomic E-state index is 8.54. The van der Waals surface area contributed by atoms with Crippen molar-refractivity contribution in [2.24, 2.45) is 5.73 Å². The van der Waals surface area contributed by atoms with Crippen molar-refractivity contribution in [2.75, 3.05) is 26.7 Å². The minimum absolute atomic E-state index is 0.191. The predicted molar refractivity (Wildman–Crippen MR) is 45.7 cm³/mol. The van der Waals surface area contributed by atoms with Gasteiger partial charge < -0.3 is 15.7 Å². The lowest BCUT2D eigenvalue weighted by Crippen LogP contribution is -2.24. The number of nitrogens with two attached hydrogens (primary N) is 1. The molecule has 0 fully saturated rings. The van der Waals surface area contributed by atoms with E-state index in [0.29, 0.717) is 13.0 Å². The van der Waals surface area contributed by atoms with Gasteiger partial charge in [0.05, 0.1) is 12.4 Å². The number of aliphatic hydroxyl groups excluding tert-OH is 1. The van der Waals surface area contributed by atoms with Gasteiger partial charge in [0.25, 0.3) is 0 Å². The number of hydrogen-bond acceptors (Lipinski definition) is 3. The van der Waals surface area contributed by atoms with Crippen LogP contribution in [-0.2, 0) is 0 Å². The minimum atomic E-state index is 0.191. The lowest BCUT2D eigenvalue weighted by atomic mass is 10.3. The Morgan fingerprint density at radius 1 is 1.55 bits per heavy atom. The Kier molecular flexibility index (Phi) is 5.78. The summed E-state index contributed by atoms with van der Waals surface area (Å²) in [5.41, 5.74) is 5.17. The Morgan fingerprint density at radius 2 is 2.18 bits per heavy atom. The average molecular weight is 159 g/mol. The maximum Gasteiger partial charge on any atom is 0.0905 e. The van der Waals surface area contributed by atoms with Gasteiger partial charge in [-0.05, 0) is 20.0 Å². The molecule has 4 N–H and O–H groups in total. The molecule has 0 aliphatic heterocycles. The molecule has 0 aromatic rings. The molecule has 0 aromatic heterocycles. The highest BCUT2D eigenvalue weighted by Crippen LogP contribution is 1.90. The Labute approximate surface area is 67.5 Å². The fourth-order valence-electron chi connectivity index (χ4n) is 0.822. The second-order valence-corrected chi connectivity index (χ2v) is 2.66. The van der Waals surface area contributed by atoms with Gasteiger partial charge >= 0.3 is 0 Å². The summed E-state index contributed by atoms with van der Waals surface area (Å²) < 4.78 is 0. The molecule has 0 amide bonds. The maximum atomic E-state index is 8.54. The SMILES string of the molecule is CN(CCO)CCCC(=N)N. The van der Waals surface area contributed by atoms with Crippen molar-refractivity contribution in [3.8, 4) is 0 Å². The number of aliphatic hydroxyl groups is 1. The van der Waals surface area contributed by atoms with Crippen LogP contribution in [0.3, 0.4) is 0 Å². The number of likely N-dealkylation sites (N-methyl/N-ethyl adjacent to an activating group) is 1. The van der Waals surface area contributed by atoms with Crippen LogP contribution in [0.5, 0.6) is 0 Å². The van der Waals surface area contributed by atoms with E-state index in [1.165, 1.54) is 0 Å². The van der Waals surface area contributed by atoms with E-state index in [1.54, 1.807) is 0 Å². The van der Waals surface area contributed by atoms with Crippen LogP contribution in [0.1, 0.15) is 12.8 Å². The molecule has 11 heavy (non-hydrogen) atoms. The molecule has 0 unspecified atom stereocenters. The molecule has 66 valence electrons. The molecule has 0 bridgehead atoms. The number of amidine groups is 1. The highest BCUT2D eigenvalue weighted by Gasteiger charge is 1.96. The van der Waals surface area contributed by atoms with E-state index in [-0.39, 0.29) is 12.4 Å². The van der Waals surface area contributed by atoms with Crippen LogP contribution in [0.25, 0.3) is 0 Å². The molecule has 0 saturated heterocycles. The molecule has 4 nitrogen and oxygen atoms in total. The van der Waals surface area contributed by atoms with Crippen molar-refractivity contribution in [1.29, 1.82) is 5.41 Å². The Hall–Kier alpha value is -0.610. The second-order valence-electron chi connectivity index (χ2n) is 2.66. The van der Waals surface area contributed by atoms with E-state index >= 15 is 0 Å². The van der Waals surface area contributed by atoms with Crippen molar-refractivity contribution < 1.29 is 5.11 Å². The highest BCUT2D eigenvalue weighted by molar-refractivity contribution is 5.76. The number of hydrogen-bond donors (Lipinski definition) is 3. The van der Waals surface area contributed by atoms with Crippen LogP contribution < -0.4 is 5.73 Å². The van der Waals surface area contributed by atoms with Crippen molar-refractivity contribution in [3.63, 3.8) is 0 Å². The summed E-state index contributed by atoms with van der Waals surface area (Å²) in [6.07, 6.45) is 1.54. The van der Waals surface area contributed by atoms with Crippen LogP contribution in [0.2, 0.25) is 0 Å². The lowest BCUT2D eigenvalue weighted by Gasteiger charge is -2.13. The van der Waals surface area contributed by atoms with Crippen molar-refractivity contribution in [2.45, 2.75) is 12.8 Å². The Balaban J connectivity index is 3.16. The van der Waals surface area contributed by atoms with E-state index in [0.717, 1.165) is 13.0 Å². The quantitative estimate of drug-likeness (QED) is 0.365. The normalized spacial score (nSPS) is 10.5. The highest BCUT2D eigenvalue weighted by atomic mass is 16.3. The number of rotatable bonds is 6. The summed E-state index contributed by atoms with van der Waals surface area (Å²) in [5, 5.41) is 15.5. The summed E-state index contributed by atoms with van der Waals surface area (Å²) in [6.45, 7) is 1.77. The minimum Gasteiger partial charge on any atom is -0.395 e. The van der Waals surface area contributed by atoms with E-state index in [9.17, 15) is 0 Å². The molecule has 0 aliphatic rings. The van der Waals surface area contributed by atoms with Crippen molar-refractivity contribution in [1.82, 2.24) is 4.90 Å². The van der Waals surface area contributed by atoms with Gasteiger partial charge in [-0.15, -0.1) is 0 Å². The average Bonchev–Trinajstić information content (AvgIpc) is 1.87. The van der Waals surface area contributed by atoms with Gasteiger partial charge in [0.2, 0.25) is 0 Å². The third-order valence-electron chi connectivity index (χ3n) is 1.47. The van der Waals surface area contributed by atoms with Crippen molar-refractivity contribution >= 4 is 5.84 Å².